The molecule has 1 rings (SSSR count). The van der Waals surface area contributed by atoms with Crippen LogP contribution >= 0.6 is 0 Å². The van der Waals surface area contributed by atoms with E-state index in [1.807, 2.05) is 19.6 Å². The molecule has 0 spiro atoms. The molecule has 1 saturated heterocycles. The third kappa shape index (κ3) is 2.70. The van der Waals surface area contributed by atoms with Crippen molar-refractivity contribution in [3.63, 3.8) is 0 Å². The second kappa shape index (κ2) is 3.90. The molecule has 78 valence electrons. The van der Waals surface area contributed by atoms with Crippen molar-refractivity contribution in [2.45, 2.75) is 19.6 Å². The first kappa shape index (κ1) is 11.5. The molecule has 0 aromatic carbocycles. The fourth-order valence-electron chi connectivity index (χ4n) is 1.19. The highest BCUT2D eigenvalue weighted by atomic mass is 28.5. The van der Waals surface area contributed by atoms with E-state index in [4.69, 9.17) is 21.2 Å². The summed E-state index contributed by atoms with van der Waals surface area (Å²) >= 11 is 0. The molecule has 1 fully saturated rings. The fraction of sp³-hybridized carbons (Fsp3) is 1.00. The average Bonchev–Trinajstić information content (AvgIpc) is 2.02. The Kier molecular flexibility index (Phi) is 3.46. The van der Waals surface area contributed by atoms with Crippen molar-refractivity contribution >= 4 is 26.9 Å². The minimum Gasteiger partial charge on any atom is -0.396 e. The molecular formula is C5H16O5Si3. The lowest BCUT2D eigenvalue weighted by atomic mass is 11.8. The van der Waals surface area contributed by atoms with E-state index in [9.17, 15) is 0 Å². The lowest BCUT2D eigenvalue weighted by Crippen LogP contribution is -2.63. The van der Waals surface area contributed by atoms with Crippen molar-refractivity contribution in [2.75, 3.05) is 14.2 Å². The number of hydrogen-bond donors (Lipinski definition) is 0. The van der Waals surface area contributed by atoms with Crippen molar-refractivity contribution in [3.05, 3.63) is 0 Å². The molecule has 5 nitrogen and oxygen atoms in total. The van der Waals surface area contributed by atoms with Crippen molar-refractivity contribution in [2.24, 2.45) is 0 Å². The van der Waals surface area contributed by atoms with Gasteiger partial charge >= 0.3 is 26.9 Å². The molecule has 1 aliphatic rings. The van der Waals surface area contributed by atoms with Crippen LogP contribution in [0.1, 0.15) is 0 Å². The highest BCUT2D eigenvalue weighted by Gasteiger charge is 2.53. The van der Waals surface area contributed by atoms with Crippen LogP contribution in [0.3, 0.4) is 0 Å². The van der Waals surface area contributed by atoms with Gasteiger partial charge in [-0.2, -0.15) is 0 Å². The Morgan fingerprint density at radius 3 is 1.69 bits per heavy atom. The molecule has 0 bridgehead atoms. The van der Waals surface area contributed by atoms with Gasteiger partial charge in [0.15, 0.2) is 0 Å². The topological polar surface area (TPSA) is 46.2 Å². The quantitative estimate of drug-likeness (QED) is 0.651. The normalized spacial score (nSPS) is 46.4. The summed E-state index contributed by atoms with van der Waals surface area (Å²) in [5.74, 6) is 0. The maximum atomic E-state index is 5.65. The lowest BCUT2D eigenvalue weighted by molar-refractivity contribution is 0.0961. The Hall–Kier alpha value is 0.451. The lowest BCUT2D eigenvalue weighted by Gasteiger charge is -2.41. The molecule has 0 aromatic heterocycles. The van der Waals surface area contributed by atoms with Gasteiger partial charge in [-0.05, 0) is 6.55 Å². The van der Waals surface area contributed by atoms with Crippen LogP contribution in [0.25, 0.3) is 0 Å². The van der Waals surface area contributed by atoms with Gasteiger partial charge < -0.3 is 21.2 Å². The van der Waals surface area contributed by atoms with E-state index in [0.717, 1.165) is 0 Å². The van der Waals surface area contributed by atoms with Crippen LogP contribution in [0.4, 0.5) is 0 Å². The van der Waals surface area contributed by atoms with Gasteiger partial charge in [-0.3, -0.25) is 0 Å². The molecule has 0 aliphatic carbocycles. The van der Waals surface area contributed by atoms with E-state index < -0.39 is 26.9 Å². The zero-order valence-corrected chi connectivity index (χ0v) is 11.8. The van der Waals surface area contributed by atoms with E-state index >= 15 is 0 Å². The summed E-state index contributed by atoms with van der Waals surface area (Å²) in [7, 11) is -3.34. The molecule has 1 heterocycles. The Balaban J connectivity index is 2.73. The molecule has 2 atom stereocenters. The van der Waals surface area contributed by atoms with Gasteiger partial charge in [-0.25, -0.2) is 0 Å². The van der Waals surface area contributed by atoms with Gasteiger partial charge in [0.1, 0.15) is 0 Å². The first-order valence-electron chi connectivity index (χ1n) is 4.09. The molecule has 0 N–H and O–H groups in total. The zero-order chi connectivity index (χ0) is 10.1. The van der Waals surface area contributed by atoms with Gasteiger partial charge in [0.25, 0.3) is 0 Å². The van der Waals surface area contributed by atoms with Gasteiger partial charge in [-0.1, -0.05) is 0 Å². The van der Waals surface area contributed by atoms with Crippen LogP contribution in [0, 0.1) is 0 Å². The summed E-state index contributed by atoms with van der Waals surface area (Å²) in [5, 5.41) is 0. The Morgan fingerprint density at radius 1 is 1.00 bits per heavy atom. The average molecular weight is 240 g/mol. The summed E-state index contributed by atoms with van der Waals surface area (Å²) in [6.45, 7) is 5.68. The number of rotatable bonds is 2. The summed E-state index contributed by atoms with van der Waals surface area (Å²) in [4.78, 5) is 0. The standard InChI is InChI=1S/C5H16O5Si3/c1-6-12(4)8-11(3)9-13(5,7-2)10-12/h11H,1-5H3. The smallest absolute Gasteiger partial charge is 0.396 e. The van der Waals surface area contributed by atoms with E-state index in [2.05, 4.69) is 0 Å². The van der Waals surface area contributed by atoms with Gasteiger partial charge in [0.2, 0.25) is 0 Å². The maximum absolute atomic E-state index is 5.65. The van der Waals surface area contributed by atoms with Crippen molar-refractivity contribution in [3.8, 4) is 0 Å². The first-order chi connectivity index (χ1) is 5.93. The second-order valence-corrected chi connectivity index (χ2v) is 11.1. The van der Waals surface area contributed by atoms with E-state index in [0.29, 0.717) is 0 Å². The number of hydrogen-bond acceptors (Lipinski definition) is 5. The summed E-state index contributed by atoms with van der Waals surface area (Å²) < 4.78 is 27.3. The minimum absolute atomic E-state index is 1.60. The van der Waals surface area contributed by atoms with Crippen LogP contribution < -0.4 is 0 Å². The molecule has 2 unspecified atom stereocenters. The van der Waals surface area contributed by atoms with Crippen molar-refractivity contribution in [1.29, 1.82) is 0 Å². The highest BCUT2D eigenvalue weighted by molar-refractivity contribution is 6.83. The molecule has 0 radical (unpaired) electrons. The predicted molar refractivity (Wildman–Crippen MR) is 53.5 cm³/mol. The van der Waals surface area contributed by atoms with Gasteiger partial charge in [0.05, 0.1) is 0 Å². The van der Waals surface area contributed by atoms with Crippen molar-refractivity contribution in [1.82, 2.24) is 0 Å². The Bertz CT molecular complexity index is 175. The molecule has 0 amide bonds. The summed E-state index contributed by atoms with van der Waals surface area (Å²) in [6, 6.07) is 0. The van der Waals surface area contributed by atoms with E-state index in [1.54, 1.807) is 14.2 Å². The van der Waals surface area contributed by atoms with E-state index in [1.165, 1.54) is 0 Å². The van der Waals surface area contributed by atoms with Crippen molar-refractivity contribution < 1.29 is 21.2 Å². The molecular weight excluding hydrogens is 224 g/mol. The van der Waals surface area contributed by atoms with Crippen LogP contribution in [-0.2, 0) is 21.2 Å². The zero-order valence-electron chi connectivity index (χ0n) is 8.62. The first-order valence-corrected chi connectivity index (χ1v) is 10.6. The predicted octanol–water partition coefficient (Wildman–Crippen LogP) is 0.330. The van der Waals surface area contributed by atoms with Gasteiger partial charge in [0, 0.05) is 27.3 Å². The third-order valence-electron chi connectivity index (χ3n) is 1.87. The molecule has 0 saturated carbocycles. The summed E-state index contributed by atoms with van der Waals surface area (Å²) in [5.41, 5.74) is 0. The SMILES string of the molecule is CO[Si]1(C)O[SiH](C)O[Si](C)(OC)O1. The van der Waals surface area contributed by atoms with E-state index in [-0.39, 0.29) is 0 Å². The third-order valence-corrected chi connectivity index (χ3v) is 12.4. The van der Waals surface area contributed by atoms with Crippen LogP contribution in [0.2, 0.25) is 19.6 Å². The molecule has 8 heteroatoms. The van der Waals surface area contributed by atoms with Crippen LogP contribution in [-0.4, -0.2) is 41.1 Å². The Labute approximate surface area is 82.5 Å². The minimum atomic E-state index is -2.46. The van der Waals surface area contributed by atoms with Crippen LogP contribution in [0.15, 0.2) is 0 Å². The molecule has 0 aromatic rings. The second-order valence-electron chi connectivity index (χ2n) is 3.04. The van der Waals surface area contributed by atoms with Crippen LogP contribution in [0.5, 0.6) is 0 Å². The highest BCUT2D eigenvalue weighted by Crippen LogP contribution is 2.25. The summed E-state index contributed by atoms with van der Waals surface area (Å²) in [6.07, 6.45) is 0. The maximum Gasteiger partial charge on any atom is 0.480 e. The Morgan fingerprint density at radius 2 is 1.38 bits per heavy atom. The fourth-order valence-corrected chi connectivity index (χ4v) is 12.0. The molecule has 1 aliphatic heterocycles. The largest absolute Gasteiger partial charge is 0.480 e. The molecule has 13 heavy (non-hydrogen) atoms. The van der Waals surface area contributed by atoms with Gasteiger partial charge in [-0.15, -0.1) is 0 Å². The monoisotopic (exact) mass is 240 g/mol.